The van der Waals surface area contributed by atoms with E-state index in [0.29, 0.717) is 5.39 Å². The van der Waals surface area contributed by atoms with Crippen molar-refractivity contribution >= 4 is 23.2 Å². The van der Waals surface area contributed by atoms with Gasteiger partial charge in [-0.3, -0.25) is 0 Å². The van der Waals surface area contributed by atoms with Crippen molar-refractivity contribution in [1.29, 1.82) is 0 Å². The second-order valence-electron chi connectivity index (χ2n) is 4.44. The van der Waals surface area contributed by atoms with Crippen LogP contribution in [0.1, 0.15) is 13.8 Å². The summed E-state index contributed by atoms with van der Waals surface area (Å²) in [5.74, 6) is -0.0869. The smallest absolute Gasteiger partial charge is 0.494 e. The van der Waals surface area contributed by atoms with Crippen molar-refractivity contribution in [3.05, 3.63) is 36.4 Å². The molecule has 0 aliphatic rings. The normalized spacial score (nSPS) is 11.5. The van der Waals surface area contributed by atoms with E-state index < -0.39 is 12.4 Å². The summed E-state index contributed by atoms with van der Waals surface area (Å²) >= 11 is 0. The average Bonchev–Trinajstić information content (AvgIpc) is 2.26. The van der Waals surface area contributed by atoms with Crippen LogP contribution in [-0.2, 0) is 0 Å². The zero-order valence-electron chi connectivity index (χ0n) is 11.2. The van der Waals surface area contributed by atoms with Gasteiger partial charge in [-0.25, -0.2) is 0 Å². The number of rotatable bonds is 3. The molecule has 6 heteroatoms. The van der Waals surface area contributed by atoms with Gasteiger partial charge in [0, 0.05) is 0 Å². The van der Waals surface area contributed by atoms with Gasteiger partial charge in [-0.05, 0) is 30.7 Å². The standard InChI is InChI=1S/C13H13BF3O.K/c1-9(2)18-12-8-7-10-5-3-4-6-11(10)13(12)14(15,16)17;/h3-9H,1-2H3;/q-1;+1. The molecule has 0 aromatic heterocycles. The Hall–Kier alpha value is -0.00870. The Balaban J connectivity index is 0.00000180. The zero-order chi connectivity index (χ0) is 13.3. The first-order valence-corrected chi connectivity index (χ1v) is 5.78. The number of halogens is 3. The van der Waals surface area contributed by atoms with Gasteiger partial charge in [-0.15, -0.1) is 0 Å². The van der Waals surface area contributed by atoms with Crippen LogP contribution in [0, 0.1) is 0 Å². The molecule has 0 fully saturated rings. The number of ether oxygens (including phenoxy) is 1. The summed E-state index contributed by atoms with van der Waals surface area (Å²) in [5, 5.41) is 0.769. The molecule has 0 bridgehead atoms. The zero-order valence-corrected chi connectivity index (χ0v) is 14.3. The van der Waals surface area contributed by atoms with Gasteiger partial charge in [0.2, 0.25) is 0 Å². The minimum atomic E-state index is -5.10. The van der Waals surface area contributed by atoms with Gasteiger partial charge in [0.15, 0.2) is 0 Å². The third-order valence-corrected chi connectivity index (χ3v) is 2.62. The Morgan fingerprint density at radius 2 is 1.63 bits per heavy atom. The van der Waals surface area contributed by atoms with E-state index in [1.54, 1.807) is 38.1 Å². The third-order valence-electron chi connectivity index (χ3n) is 2.62. The minimum Gasteiger partial charge on any atom is -0.494 e. The van der Waals surface area contributed by atoms with E-state index in [9.17, 15) is 12.9 Å². The fourth-order valence-corrected chi connectivity index (χ4v) is 1.97. The Kier molecular flexibility index (Phi) is 5.95. The van der Waals surface area contributed by atoms with Crippen molar-refractivity contribution in [2.45, 2.75) is 20.0 Å². The molecule has 0 radical (unpaired) electrons. The van der Waals surface area contributed by atoms with Crippen molar-refractivity contribution in [2.75, 3.05) is 0 Å². The van der Waals surface area contributed by atoms with Gasteiger partial charge in [-0.1, -0.05) is 35.8 Å². The van der Waals surface area contributed by atoms with Crippen LogP contribution < -0.4 is 61.6 Å². The van der Waals surface area contributed by atoms with Gasteiger partial charge < -0.3 is 17.7 Å². The number of benzene rings is 2. The summed E-state index contributed by atoms with van der Waals surface area (Å²) in [6.07, 6.45) is -0.289. The molecule has 0 saturated heterocycles. The maximum atomic E-state index is 13.2. The van der Waals surface area contributed by atoms with Crippen LogP contribution >= 0.6 is 0 Å². The molecule has 0 aliphatic carbocycles. The van der Waals surface area contributed by atoms with Gasteiger partial charge >= 0.3 is 58.4 Å². The number of hydrogen-bond donors (Lipinski definition) is 0. The molecule has 1 nitrogen and oxygen atoms in total. The van der Waals surface area contributed by atoms with Crippen LogP contribution in [0.25, 0.3) is 10.8 Å². The van der Waals surface area contributed by atoms with E-state index in [0.717, 1.165) is 0 Å². The minimum absolute atomic E-state index is 0. The predicted molar refractivity (Wildman–Crippen MR) is 68.4 cm³/mol. The van der Waals surface area contributed by atoms with Crippen LogP contribution in [0.15, 0.2) is 36.4 Å². The maximum absolute atomic E-state index is 13.2. The van der Waals surface area contributed by atoms with E-state index in [-0.39, 0.29) is 68.6 Å². The average molecular weight is 292 g/mol. The van der Waals surface area contributed by atoms with Crippen LogP contribution in [-0.4, -0.2) is 13.1 Å². The molecule has 2 rings (SSSR count). The summed E-state index contributed by atoms with van der Waals surface area (Å²) in [5.41, 5.74) is -0.637. The number of fused-ring (bicyclic) bond motifs is 1. The molecule has 0 N–H and O–H groups in total. The van der Waals surface area contributed by atoms with E-state index in [1.165, 1.54) is 12.1 Å². The molecular weight excluding hydrogens is 279 g/mol. The summed E-state index contributed by atoms with van der Waals surface area (Å²) < 4.78 is 44.9. The molecular formula is C13H13BF3KO. The monoisotopic (exact) mass is 292 g/mol. The molecule has 0 atom stereocenters. The summed E-state index contributed by atoms with van der Waals surface area (Å²) in [7, 11) is 0. The third kappa shape index (κ3) is 3.98. The van der Waals surface area contributed by atoms with Crippen LogP contribution in [0.5, 0.6) is 5.75 Å². The van der Waals surface area contributed by atoms with Crippen molar-refractivity contribution in [3.63, 3.8) is 0 Å². The van der Waals surface area contributed by atoms with Gasteiger partial charge in [-0.2, -0.15) is 0 Å². The van der Waals surface area contributed by atoms with Gasteiger partial charge in [0.25, 0.3) is 0 Å². The molecule has 0 unspecified atom stereocenters. The molecule has 2 aromatic rings. The molecule has 0 aliphatic heterocycles. The summed E-state index contributed by atoms with van der Waals surface area (Å²) in [6.45, 7) is -1.68. The molecule has 0 saturated carbocycles. The van der Waals surface area contributed by atoms with Crippen LogP contribution in [0.4, 0.5) is 12.9 Å². The fraction of sp³-hybridized carbons (Fsp3) is 0.231. The van der Waals surface area contributed by atoms with Crippen molar-refractivity contribution in [3.8, 4) is 5.75 Å². The summed E-state index contributed by atoms with van der Waals surface area (Å²) in [4.78, 5) is 0. The largest absolute Gasteiger partial charge is 1.00 e. The molecule has 2 aromatic carbocycles. The Bertz CT molecular complexity index is 569. The Morgan fingerprint density at radius 1 is 1.00 bits per heavy atom. The molecule has 0 amide bonds. The maximum Gasteiger partial charge on any atom is 1.00 e. The van der Waals surface area contributed by atoms with E-state index >= 15 is 0 Å². The van der Waals surface area contributed by atoms with Crippen LogP contribution in [0.3, 0.4) is 0 Å². The summed E-state index contributed by atoms with van der Waals surface area (Å²) in [6, 6.07) is 9.52. The first-order valence-electron chi connectivity index (χ1n) is 5.78. The van der Waals surface area contributed by atoms with E-state index in [4.69, 9.17) is 4.74 Å². The first kappa shape index (κ1) is 17.0. The van der Waals surface area contributed by atoms with Crippen molar-refractivity contribution < 1.29 is 69.1 Å². The van der Waals surface area contributed by atoms with Crippen LogP contribution in [0.2, 0.25) is 0 Å². The quantitative estimate of drug-likeness (QED) is 0.756. The topological polar surface area (TPSA) is 9.23 Å². The van der Waals surface area contributed by atoms with Crippen molar-refractivity contribution in [1.82, 2.24) is 0 Å². The molecule has 19 heavy (non-hydrogen) atoms. The second kappa shape index (κ2) is 6.63. The Morgan fingerprint density at radius 3 is 2.21 bits per heavy atom. The van der Waals surface area contributed by atoms with Gasteiger partial charge in [0.05, 0.1) is 11.9 Å². The number of hydrogen-bond acceptors (Lipinski definition) is 1. The van der Waals surface area contributed by atoms with E-state index in [2.05, 4.69) is 0 Å². The molecule has 96 valence electrons. The molecule has 0 heterocycles. The van der Waals surface area contributed by atoms with Gasteiger partial charge in [0.1, 0.15) is 0 Å². The van der Waals surface area contributed by atoms with E-state index in [1.807, 2.05) is 0 Å². The SMILES string of the molecule is CC(C)Oc1ccc2ccccc2c1[B-](F)(F)F.[K+]. The van der Waals surface area contributed by atoms with Crippen molar-refractivity contribution in [2.24, 2.45) is 0 Å². The first-order chi connectivity index (χ1) is 8.39. The predicted octanol–water partition coefficient (Wildman–Crippen LogP) is 0.685. The molecule has 0 spiro atoms. The fourth-order valence-electron chi connectivity index (χ4n) is 1.97. The Labute approximate surface area is 153 Å². The second-order valence-corrected chi connectivity index (χ2v) is 4.44.